The number of hydrogen-bond donors (Lipinski definition) is 0. The topological polar surface area (TPSA) is 60.9 Å². The molecule has 172 valence electrons. The Morgan fingerprint density at radius 3 is 2.09 bits per heavy atom. The van der Waals surface area contributed by atoms with Gasteiger partial charge in [-0.1, -0.05) is 66.7 Å². The lowest BCUT2D eigenvalue weighted by atomic mass is 9.94. The molecule has 3 aromatic carbocycles. The molecular weight excluding hydrogens is 426 g/mol. The van der Waals surface area contributed by atoms with Gasteiger partial charge in [-0.15, -0.1) is 0 Å². The number of hydrogen-bond acceptors (Lipinski definition) is 4. The van der Waals surface area contributed by atoms with Crippen molar-refractivity contribution in [1.29, 1.82) is 0 Å². The largest absolute Gasteiger partial charge is 0.340 e. The van der Waals surface area contributed by atoms with Crippen LogP contribution < -0.4 is 0 Å². The minimum atomic E-state index is -0.322. The minimum Gasteiger partial charge on any atom is -0.340 e. The molecule has 1 saturated heterocycles. The molecular formula is C28H27N3O3. The molecule has 0 bridgehead atoms. The highest BCUT2D eigenvalue weighted by atomic mass is 16.2. The first-order valence-corrected chi connectivity index (χ1v) is 11.7. The summed E-state index contributed by atoms with van der Waals surface area (Å²) in [6.07, 6.45) is 4.41. The maximum Gasteiger partial charge on any atom is 0.261 e. The monoisotopic (exact) mass is 453 g/mol. The van der Waals surface area contributed by atoms with Crippen LogP contribution in [0, 0.1) is 0 Å². The summed E-state index contributed by atoms with van der Waals surface area (Å²) >= 11 is 0. The minimum absolute atomic E-state index is 0.0165. The first-order valence-electron chi connectivity index (χ1n) is 11.7. The quantitative estimate of drug-likeness (QED) is 0.534. The summed E-state index contributed by atoms with van der Waals surface area (Å²) < 4.78 is 0. The molecule has 2 aliphatic heterocycles. The summed E-state index contributed by atoms with van der Waals surface area (Å²) in [4.78, 5) is 44.2. The van der Waals surface area contributed by atoms with E-state index in [2.05, 4.69) is 29.2 Å². The smallest absolute Gasteiger partial charge is 0.261 e. The van der Waals surface area contributed by atoms with Gasteiger partial charge in [0.05, 0.1) is 0 Å². The van der Waals surface area contributed by atoms with Gasteiger partial charge in [-0.25, -0.2) is 0 Å². The standard InChI is InChI=1S/C28H27N3O3/c32-25(30-19-17-29(18-20-30)15-6-9-21-7-2-1-3-8-21)14-16-31-27(33)23-12-4-10-22-11-5-13-24(26(22)23)28(31)34/h1-13H,14-20H2. The molecule has 0 aromatic heterocycles. The SMILES string of the molecule is O=C(CCN1C(=O)c2cccc3cccc(c23)C1=O)N1CCN(CC=Cc2ccccc2)CC1. The van der Waals surface area contributed by atoms with Crippen LogP contribution in [0.3, 0.4) is 0 Å². The van der Waals surface area contributed by atoms with Gasteiger partial charge in [-0.2, -0.15) is 0 Å². The van der Waals surface area contributed by atoms with Crippen molar-refractivity contribution in [1.82, 2.24) is 14.7 Å². The lowest BCUT2D eigenvalue weighted by Gasteiger charge is -2.34. The van der Waals surface area contributed by atoms with Crippen molar-refractivity contribution < 1.29 is 14.4 Å². The first kappa shape index (κ1) is 22.0. The molecule has 0 N–H and O–H groups in total. The van der Waals surface area contributed by atoms with Crippen LogP contribution in [0.4, 0.5) is 0 Å². The molecule has 0 spiro atoms. The second kappa shape index (κ2) is 9.61. The Morgan fingerprint density at radius 2 is 1.44 bits per heavy atom. The fourth-order valence-corrected chi connectivity index (χ4v) is 4.73. The normalized spacial score (nSPS) is 16.6. The van der Waals surface area contributed by atoms with Crippen molar-refractivity contribution in [2.75, 3.05) is 39.3 Å². The van der Waals surface area contributed by atoms with Crippen LogP contribution in [0.15, 0.2) is 72.8 Å². The van der Waals surface area contributed by atoms with Gasteiger partial charge >= 0.3 is 0 Å². The third-order valence-electron chi connectivity index (χ3n) is 6.60. The van der Waals surface area contributed by atoms with E-state index in [1.807, 2.05) is 47.4 Å². The van der Waals surface area contributed by atoms with Crippen molar-refractivity contribution >= 4 is 34.6 Å². The van der Waals surface area contributed by atoms with E-state index in [9.17, 15) is 14.4 Å². The van der Waals surface area contributed by atoms with Gasteiger partial charge < -0.3 is 4.90 Å². The lowest BCUT2D eigenvalue weighted by Crippen LogP contribution is -2.49. The van der Waals surface area contributed by atoms with E-state index >= 15 is 0 Å². The van der Waals surface area contributed by atoms with Crippen molar-refractivity contribution in [3.05, 3.63) is 89.5 Å². The number of benzene rings is 3. The number of nitrogens with zero attached hydrogens (tertiary/aromatic N) is 3. The summed E-state index contributed by atoms with van der Waals surface area (Å²) in [5.41, 5.74) is 2.23. The third-order valence-corrected chi connectivity index (χ3v) is 6.60. The van der Waals surface area contributed by atoms with Gasteiger partial charge in [0.15, 0.2) is 0 Å². The molecule has 1 fully saturated rings. The van der Waals surface area contributed by atoms with Crippen molar-refractivity contribution in [2.45, 2.75) is 6.42 Å². The zero-order valence-corrected chi connectivity index (χ0v) is 19.0. The van der Waals surface area contributed by atoms with Crippen LogP contribution >= 0.6 is 0 Å². The lowest BCUT2D eigenvalue weighted by molar-refractivity contribution is -0.132. The predicted molar refractivity (Wildman–Crippen MR) is 132 cm³/mol. The van der Waals surface area contributed by atoms with E-state index in [-0.39, 0.29) is 30.7 Å². The summed E-state index contributed by atoms with van der Waals surface area (Å²) in [5, 5.41) is 1.59. The Morgan fingerprint density at radius 1 is 0.794 bits per heavy atom. The average molecular weight is 454 g/mol. The Bertz CT molecular complexity index is 1210. The molecule has 5 rings (SSSR count). The van der Waals surface area contributed by atoms with E-state index in [0.29, 0.717) is 29.6 Å². The summed E-state index contributed by atoms with van der Waals surface area (Å²) in [7, 11) is 0. The highest BCUT2D eigenvalue weighted by Crippen LogP contribution is 2.30. The highest BCUT2D eigenvalue weighted by Gasteiger charge is 2.33. The number of imide groups is 1. The van der Waals surface area contributed by atoms with E-state index < -0.39 is 0 Å². The number of piperazine rings is 1. The summed E-state index contributed by atoms with van der Waals surface area (Å²) in [5.74, 6) is -0.661. The van der Waals surface area contributed by atoms with Gasteiger partial charge in [0.2, 0.25) is 5.91 Å². The summed E-state index contributed by atoms with van der Waals surface area (Å²) in [6, 6.07) is 21.2. The molecule has 34 heavy (non-hydrogen) atoms. The van der Waals surface area contributed by atoms with E-state index in [1.54, 1.807) is 12.1 Å². The van der Waals surface area contributed by atoms with E-state index in [0.717, 1.165) is 25.0 Å². The van der Waals surface area contributed by atoms with E-state index in [4.69, 9.17) is 0 Å². The van der Waals surface area contributed by atoms with Gasteiger partial charge in [0, 0.05) is 62.2 Å². The number of amides is 3. The maximum absolute atomic E-state index is 13.0. The Balaban J connectivity index is 1.15. The van der Waals surface area contributed by atoms with Crippen molar-refractivity contribution in [3.8, 4) is 0 Å². The van der Waals surface area contributed by atoms with Crippen LogP contribution in [0.5, 0.6) is 0 Å². The average Bonchev–Trinajstić information content (AvgIpc) is 2.88. The molecule has 0 aliphatic carbocycles. The molecule has 0 atom stereocenters. The highest BCUT2D eigenvalue weighted by molar-refractivity contribution is 6.25. The summed E-state index contributed by atoms with van der Waals surface area (Å²) in [6.45, 7) is 3.87. The zero-order chi connectivity index (χ0) is 23.5. The molecule has 3 amide bonds. The second-order valence-corrected chi connectivity index (χ2v) is 8.72. The van der Waals surface area contributed by atoms with Crippen LogP contribution in [0.1, 0.15) is 32.7 Å². The zero-order valence-electron chi connectivity index (χ0n) is 19.0. The Labute approximate surface area is 199 Å². The van der Waals surface area contributed by atoms with Crippen LogP contribution in [0.2, 0.25) is 0 Å². The number of carbonyl (C=O) groups excluding carboxylic acids is 3. The first-order chi connectivity index (χ1) is 16.6. The number of rotatable bonds is 6. The van der Waals surface area contributed by atoms with Gasteiger partial charge in [-0.05, 0) is 23.1 Å². The molecule has 0 saturated carbocycles. The van der Waals surface area contributed by atoms with E-state index in [1.165, 1.54) is 10.5 Å². The van der Waals surface area contributed by atoms with Crippen molar-refractivity contribution in [2.24, 2.45) is 0 Å². The predicted octanol–water partition coefficient (Wildman–Crippen LogP) is 3.68. The van der Waals surface area contributed by atoms with Gasteiger partial charge in [-0.3, -0.25) is 24.2 Å². The Kier molecular flexibility index (Phi) is 6.23. The number of carbonyl (C=O) groups is 3. The van der Waals surface area contributed by atoms with Crippen molar-refractivity contribution in [3.63, 3.8) is 0 Å². The Hall–Kier alpha value is -3.77. The molecule has 6 nitrogen and oxygen atoms in total. The van der Waals surface area contributed by atoms with Gasteiger partial charge in [0.25, 0.3) is 11.8 Å². The van der Waals surface area contributed by atoms with Crippen LogP contribution in [-0.4, -0.2) is 71.7 Å². The molecule has 3 aromatic rings. The molecule has 2 aliphatic rings. The fourth-order valence-electron chi connectivity index (χ4n) is 4.73. The maximum atomic E-state index is 13.0. The molecule has 0 unspecified atom stereocenters. The van der Waals surface area contributed by atoms with Gasteiger partial charge in [0.1, 0.15) is 0 Å². The van der Waals surface area contributed by atoms with Crippen LogP contribution in [0.25, 0.3) is 16.8 Å². The molecule has 0 radical (unpaired) electrons. The second-order valence-electron chi connectivity index (χ2n) is 8.72. The van der Waals surface area contributed by atoms with Crippen LogP contribution in [-0.2, 0) is 4.79 Å². The third kappa shape index (κ3) is 4.37. The molecule has 2 heterocycles. The molecule has 6 heteroatoms. The fraction of sp³-hybridized carbons (Fsp3) is 0.250.